The van der Waals surface area contributed by atoms with Gasteiger partial charge < -0.3 is 9.84 Å². The number of hydrogen-bond donors (Lipinski definition) is 1. The summed E-state index contributed by atoms with van der Waals surface area (Å²) in [4.78, 5) is 23.7. The van der Waals surface area contributed by atoms with Gasteiger partial charge in [-0.1, -0.05) is 77.0 Å². The normalized spacial score (nSPS) is 13.2. The number of unbranched alkanes of at least 4 members (excludes halogenated alkanes) is 5. The van der Waals surface area contributed by atoms with Crippen molar-refractivity contribution in [2.45, 2.75) is 84.0 Å². The van der Waals surface area contributed by atoms with Crippen molar-refractivity contribution in [1.29, 1.82) is 0 Å². The SMILES string of the molecule is CCCCCCCCC(CCC)(C(=O)O)c1ccccc1OC(C)=O. The highest BCUT2D eigenvalue weighted by Crippen LogP contribution is 2.40. The maximum Gasteiger partial charge on any atom is 0.314 e. The summed E-state index contributed by atoms with van der Waals surface area (Å²) < 4.78 is 5.31. The Kier molecular flexibility index (Phi) is 9.25. The third kappa shape index (κ3) is 6.18. The lowest BCUT2D eigenvalue weighted by atomic mass is 9.72. The molecular weight excluding hydrogens is 316 g/mol. The van der Waals surface area contributed by atoms with Crippen LogP contribution in [0.3, 0.4) is 0 Å². The summed E-state index contributed by atoms with van der Waals surface area (Å²) >= 11 is 0. The minimum Gasteiger partial charge on any atom is -0.481 e. The first kappa shape index (κ1) is 21.2. The summed E-state index contributed by atoms with van der Waals surface area (Å²) in [6, 6.07) is 7.06. The molecule has 1 N–H and O–H groups in total. The zero-order valence-electron chi connectivity index (χ0n) is 15.8. The van der Waals surface area contributed by atoms with Gasteiger partial charge >= 0.3 is 11.9 Å². The van der Waals surface area contributed by atoms with Crippen LogP contribution in [-0.2, 0) is 15.0 Å². The van der Waals surface area contributed by atoms with Gasteiger partial charge in [0.05, 0.1) is 5.41 Å². The van der Waals surface area contributed by atoms with Crippen LogP contribution in [0.4, 0.5) is 0 Å². The van der Waals surface area contributed by atoms with Crippen LogP contribution in [0, 0.1) is 0 Å². The Labute approximate surface area is 151 Å². The molecule has 0 aliphatic heterocycles. The Morgan fingerprint density at radius 1 is 0.960 bits per heavy atom. The van der Waals surface area contributed by atoms with E-state index in [1.165, 1.54) is 26.2 Å². The van der Waals surface area contributed by atoms with E-state index in [-0.39, 0.29) is 0 Å². The number of carbonyl (C=O) groups excluding carboxylic acids is 1. The van der Waals surface area contributed by atoms with E-state index in [1.807, 2.05) is 13.0 Å². The summed E-state index contributed by atoms with van der Waals surface area (Å²) in [5, 5.41) is 10.1. The van der Waals surface area contributed by atoms with E-state index in [4.69, 9.17) is 4.74 Å². The molecule has 0 amide bonds. The summed E-state index contributed by atoms with van der Waals surface area (Å²) in [5.41, 5.74) is -0.376. The van der Waals surface area contributed by atoms with Crippen LogP contribution in [-0.4, -0.2) is 17.0 Å². The van der Waals surface area contributed by atoms with Crippen LogP contribution in [0.25, 0.3) is 0 Å². The monoisotopic (exact) mass is 348 g/mol. The summed E-state index contributed by atoms with van der Waals surface area (Å²) in [6.07, 6.45) is 8.54. The Morgan fingerprint density at radius 3 is 2.20 bits per heavy atom. The fourth-order valence-corrected chi connectivity index (χ4v) is 3.46. The van der Waals surface area contributed by atoms with Crippen LogP contribution in [0.15, 0.2) is 24.3 Å². The molecule has 0 saturated heterocycles. The average molecular weight is 348 g/mol. The van der Waals surface area contributed by atoms with Crippen LogP contribution < -0.4 is 4.74 Å². The van der Waals surface area contributed by atoms with E-state index < -0.39 is 17.4 Å². The fraction of sp³-hybridized carbons (Fsp3) is 0.619. The quantitative estimate of drug-likeness (QED) is 0.308. The molecule has 1 unspecified atom stereocenters. The molecular formula is C21H32O4. The molecule has 0 spiro atoms. The van der Waals surface area contributed by atoms with Gasteiger partial charge in [-0.3, -0.25) is 9.59 Å². The Morgan fingerprint density at radius 2 is 1.60 bits per heavy atom. The molecule has 0 radical (unpaired) electrons. The van der Waals surface area contributed by atoms with E-state index in [9.17, 15) is 14.7 Å². The van der Waals surface area contributed by atoms with Gasteiger partial charge in [-0.2, -0.15) is 0 Å². The van der Waals surface area contributed by atoms with E-state index in [2.05, 4.69) is 6.92 Å². The van der Waals surface area contributed by atoms with Crippen molar-refractivity contribution in [3.63, 3.8) is 0 Å². The number of carbonyl (C=O) groups is 2. The highest BCUT2D eigenvalue weighted by Gasteiger charge is 2.41. The fourth-order valence-electron chi connectivity index (χ4n) is 3.46. The van der Waals surface area contributed by atoms with E-state index >= 15 is 0 Å². The molecule has 25 heavy (non-hydrogen) atoms. The third-order valence-electron chi connectivity index (χ3n) is 4.70. The number of carboxylic acid groups (broad SMARTS) is 1. The Hall–Kier alpha value is -1.84. The Bertz CT molecular complexity index is 553. The van der Waals surface area contributed by atoms with Gasteiger partial charge in [0.2, 0.25) is 0 Å². The maximum atomic E-state index is 12.3. The number of ether oxygens (including phenoxy) is 1. The van der Waals surface area contributed by atoms with Gasteiger partial charge in [-0.25, -0.2) is 0 Å². The lowest BCUT2D eigenvalue weighted by molar-refractivity contribution is -0.145. The molecule has 4 nitrogen and oxygen atoms in total. The molecule has 0 bridgehead atoms. The smallest absolute Gasteiger partial charge is 0.314 e. The summed E-state index contributed by atoms with van der Waals surface area (Å²) in [6.45, 7) is 5.52. The standard InChI is InChI=1S/C21H32O4/c1-4-6-7-8-9-12-16-21(15-5-2,20(23)24)18-13-10-11-14-19(18)25-17(3)22/h10-11,13-14H,4-9,12,15-16H2,1-3H3,(H,23,24). The lowest BCUT2D eigenvalue weighted by Crippen LogP contribution is -2.36. The molecule has 140 valence electrons. The molecule has 1 atom stereocenters. The third-order valence-corrected chi connectivity index (χ3v) is 4.70. The number of rotatable bonds is 12. The van der Waals surface area contributed by atoms with Crippen molar-refractivity contribution < 1.29 is 19.4 Å². The van der Waals surface area contributed by atoms with Crippen molar-refractivity contribution in [2.75, 3.05) is 0 Å². The highest BCUT2D eigenvalue weighted by molar-refractivity contribution is 5.83. The topological polar surface area (TPSA) is 63.6 Å². The van der Waals surface area contributed by atoms with Crippen LogP contribution >= 0.6 is 0 Å². The van der Waals surface area contributed by atoms with Gasteiger partial charge in [0.25, 0.3) is 0 Å². The first-order valence-electron chi connectivity index (χ1n) is 9.49. The minimum atomic E-state index is -0.994. The van der Waals surface area contributed by atoms with Gasteiger partial charge in [0.1, 0.15) is 5.75 Å². The van der Waals surface area contributed by atoms with Crippen molar-refractivity contribution in [3.8, 4) is 5.75 Å². The molecule has 0 heterocycles. The van der Waals surface area contributed by atoms with E-state index in [1.54, 1.807) is 18.2 Å². The Balaban J connectivity index is 3.03. The minimum absolute atomic E-state index is 0.372. The van der Waals surface area contributed by atoms with Gasteiger partial charge in [-0.05, 0) is 18.9 Å². The predicted octanol–water partition coefficient (Wildman–Crippen LogP) is 5.49. The lowest BCUT2D eigenvalue weighted by Gasteiger charge is -2.31. The molecule has 0 aromatic heterocycles. The maximum absolute atomic E-state index is 12.3. The van der Waals surface area contributed by atoms with Gasteiger partial charge in [-0.15, -0.1) is 0 Å². The number of aliphatic carboxylic acids is 1. The van der Waals surface area contributed by atoms with Crippen LogP contribution in [0.1, 0.15) is 84.1 Å². The number of benzene rings is 1. The van der Waals surface area contributed by atoms with Crippen LogP contribution in [0.2, 0.25) is 0 Å². The highest BCUT2D eigenvalue weighted by atomic mass is 16.5. The second-order valence-electron chi connectivity index (χ2n) is 6.74. The first-order chi connectivity index (χ1) is 12.0. The number of hydrogen-bond acceptors (Lipinski definition) is 3. The molecule has 0 saturated carbocycles. The molecule has 1 aromatic rings. The van der Waals surface area contributed by atoms with E-state index in [0.29, 0.717) is 24.2 Å². The molecule has 0 aliphatic carbocycles. The number of carboxylic acids is 1. The predicted molar refractivity (Wildman–Crippen MR) is 100.0 cm³/mol. The second-order valence-corrected chi connectivity index (χ2v) is 6.74. The summed E-state index contributed by atoms with van der Waals surface area (Å²) in [7, 11) is 0. The number of para-hydroxylation sites is 1. The summed E-state index contributed by atoms with van der Waals surface area (Å²) in [5.74, 6) is -0.887. The van der Waals surface area contributed by atoms with Crippen molar-refractivity contribution in [1.82, 2.24) is 0 Å². The molecule has 0 aliphatic rings. The molecule has 4 heteroatoms. The largest absolute Gasteiger partial charge is 0.481 e. The van der Waals surface area contributed by atoms with Gasteiger partial charge in [0.15, 0.2) is 0 Å². The molecule has 1 rings (SSSR count). The van der Waals surface area contributed by atoms with E-state index in [0.717, 1.165) is 25.7 Å². The first-order valence-corrected chi connectivity index (χ1v) is 9.49. The van der Waals surface area contributed by atoms with Gasteiger partial charge in [0, 0.05) is 12.5 Å². The van der Waals surface area contributed by atoms with Crippen molar-refractivity contribution >= 4 is 11.9 Å². The molecule has 1 aromatic carbocycles. The van der Waals surface area contributed by atoms with Crippen molar-refractivity contribution in [3.05, 3.63) is 29.8 Å². The van der Waals surface area contributed by atoms with Crippen molar-refractivity contribution in [2.24, 2.45) is 0 Å². The zero-order chi connectivity index (χ0) is 18.7. The number of esters is 1. The zero-order valence-corrected chi connectivity index (χ0v) is 15.8. The van der Waals surface area contributed by atoms with Crippen LogP contribution in [0.5, 0.6) is 5.75 Å². The second kappa shape index (κ2) is 10.9. The average Bonchev–Trinajstić information content (AvgIpc) is 2.57. The molecule has 0 fully saturated rings.